The van der Waals surface area contributed by atoms with Crippen LogP contribution in [-0.4, -0.2) is 22.0 Å². The lowest BCUT2D eigenvalue weighted by Crippen LogP contribution is -2.40. The number of rotatable bonds is 4. The summed E-state index contributed by atoms with van der Waals surface area (Å²) < 4.78 is 55.0. The summed E-state index contributed by atoms with van der Waals surface area (Å²) in [4.78, 5) is 0. The fourth-order valence-corrected chi connectivity index (χ4v) is 6.88. The van der Waals surface area contributed by atoms with Crippen molar-refractivity contribution in [3.63, 3.8) is 0 Å². The summed E-state index contributed by atoms with van der Waals surface area (Å²) in [6.07, 6.45) is 0. The van der Waals surface area contributed by atoms with Gasteiger partial charge in [-0.25, -0.2) is 17.5 Å². The molecular formula is C13H20ClF2NO2S2Si. The van der Waals surface area contributed by atoms with Gasteiger partial charge < -0.3 is 0 Å². The van der Waals surface area contributed by atoms with E-state index in [1.165, 1.54) is 6.07 Å². The molecule has 0 unspecified atom stereocenters. The first-order chi connectivity index (χ1) is 9.65. The Hall–Kier alpha value is -0.283. The summed E-state index contributed by atoms with van der Waals surface area (Å²) in [7, 11) is -5.87. The van der Waals surface area contributed by atoms with E-state index in [4.69, 9.17) is 11.6 Å². The lowest BCUT2D eigenvalue weighted by molar-refractivity contribution is 0.492. The van der Waals surface area contributed by atoms with Crippen molar-refractivity contribution in [2.24, 2.45) is 0 Å². The van der Waals surface area contributed by atoms with Crippen LogP contribution in [0.2, 0.25) is 19.6 Å². The second-order valence-electron chi connectivity index (χ2n) is 6.99. The van der Waals surface area contributed by atoms with Crippen LogP contribution in [0.4, 0.5) is 8.78 Å². The van der Waals surface area contributed by atoms with Crippen LogP contribution in [0.5, 0.6) is 0 Å². The van der Waals surface area contributed by atoms with Crippen LogP contribution in [0, 0.1) is 0 Å². The van der Waals surface area contributed by atoms with Gasteiger partial charge in [0.05, 0.1) is 8.07 Å². The van der Waals surface area contributed by atoms with Crippen molar-refractivity contribution in [2.45, 2.75) is 50.2 Å². The Morgan fingerprint density at radius 2 is 1.77 bits per heavy atom. The molecule has 0 aliphatic heterocycles. The SMILES string of the molecule is CC(C)(C)NS(=O)(=O)c1sc([Si](C)(C)C)cc1C(F)=C(F)Cl. The Kier molecular flexibility index (Phi) is 5.67. The van der Waals surface area contributed by atoms with Gasteiger partial charge in [-0.05, 0) is 42.9 Å². The highest BCUT2D eigenvalue weighted by Gasteiger charge is 2.32. The first kappa shape index (κ1) is 19.8. The third-order valence-electron chi connectivity index (χ3n) is 2.52. The molecular weight excluding hydrogens is 368 g/mol. The fourth-order valence-electron chi connectivity index (χ4n) is 1.65. The maximum absolute atomic E-state index is 14.0. The molecule has 1 rings (SSSR count). The van der Waals surface area contributed by atoms with Crippen molar-refractivity contribution in [1.82, 2.24) is 4.72 Å². The average Bonchev–Trinajstić information content (AvgIpc) is 2.69. The summed E-state index contributed by atoms with van der Waals surface area (Å²) in [5.74, 6) is -1.35. The Morgan fingerprint density at radius 3 is 2.14 bits per heavy atom. The summed E-state index contributed by atoms with van der Waals surface area (Å²) in [6, 6.07) is 1.39. The van der Waals surface area contributed by atoms with Gasteiger partial charge in [-0.15, -0.1) is 11.3 Å². The summed E-state index contributed by atoms with van der Waals surface area (Å²) in [5.41, 5.74) is -1.05. The Balaban J connectivity index is 3.59. The molecule has 0 radical (unpaired) electrons. The molecule has 0 aliphatic carbocycles. The van der Waals surface area contributed by atoms with E-state index < -0.39 is 34.7 Å². The van der Waals surface area contributed by atoms with Crippen molar-refractivity contribution in [2.75, 3.05) is 0 Å². The number of sulfonamides is 1. The van der Waals surface area contributed by atoms with Crippen LogP contribution in [0.15, 0.2) is 15.6 Å². The van der Waals surface area contributed by atoms with E-state index in [0.717, 1.165) is 15.8 Å². The smallest absolute Gasteiger partial charge is 0.206 e. The topological polar surface area (TPSA) is 46.2 Å². The normalized spacial score (nSPS) is 15.0. The molecule has 0 saturated heterocycles. The standard InChI is InChI=1S/C13H20ClF2NO2S2Si/c1-13(2,3)17-21(18,19)12-8(10(15)11(14)16)7-9(20-12)22(4,5)6/h7,17H,1-6H3. The molecule has 126 valence electrons. The van der Waals surface area contributed by atoms with Gasteiger partial charge in [0.2, 0.25) is 5.29 Å². The van der Waals surface area contributed by atoms with Crippen molar-refractivity contribution in [3.8, 4) is 0 Å². The molecule has 0 atom stereocenters. The average molecular weight is 388 g/mol. The van der Waals surface area contributed by atoms with Crippen molar-refractivity contribution >= 4 is 51.4 Å². The molecule has 1 aromatic rings. The van der Waals surface area contributed by atoms with E-state index in [1.807, 2.05) is 19.6 Å². The quantitative estimate of drug-likeness (QED) is 0.788. The van der Waals surface area contributed by atoms with Gasteiger partial charge in [0, 0.05) is 11.1 Å². The minimum Gasteiger partial charge on any atom is -0.206 e. The number of hydrogen-bond acceptors (Lipinski definition) is 3. The Labute approximate surface area is 140 Å². The van der Waals surface area contributed by atoms with E-state index in [2.05, 4.69) is 4.72 Å². The minimum atomic E-state index is -3.98. The fraction of sp³-hybridized carbons (Fsp3) is 0.538. The Morgan fingerprint density at radius 1 is 1.27 bits per heavy atom. The molecule has 1 N–H and O–H groups in total. The second-order valence-corrected chi connectivity index (χ2v) is 15.7. The third kappa shape index (κ3) is 4.86. The van der Waals surface area contributed by atoms with Gasteiger partial charge in [-0.1, -0.05) is 19.6 Å². The number of hydrogen-bond donors (Lipinski definition) is 1. The molecule has 0 aliphatic rings. The maximum atomic E-state index is 14.0. The van der Waals surface area contributed by atoms with Crippen LogP contribution in [0.3, 0.4) is 0 Å². The number of halogens is 3. The zero-order valence-electron chi connectivity index (χ0n) is 13.3. The summed E-state index contributed by atoms with van der Waals surface area (Å²) in [5, 5.41) is -1.55. The predicted octanol–water partition coefficient (Wildman–Crippen LogP) is 4.17. The summed E-state index contributed by atoms with van der Waals surface area (Å²) >= 11 is 6.05. The highest BCUT2D eigenvalue weighted by molar-refractivity contribution is 7.92. The molecule has 0 aromatic carbocycles. The molecule has 0 saturated carbocycles. The molecule has 1 aromatic heterocycles. The van der Waals surface area contributed by atoms with E-state index in [1.54, 1.807) is 20.8 Å². The highest BCUT2D eigenvalue weighted by atomic mass is 35.5. The van der Waals surface area contributed by atoms with Gasteiger partial charge >= 0.3 is 0 Å². The van der Waals surface area contributed by atoms with Gasteiger partial charge in [-0.2, -0.15) is 4.39 Å². The largest absolute Gasteiger partial charge is 0.251 e. The highest BCUT2D eigenvalue weighted by Crippen LogP contribution is 2.33. The monoisotopic (exact) mass is 387 g/mol. The molecule has 9 heteroatoms. The maximum Gasteiger partial charge on any atom is 0.251 e. The lowest BCUT2D eigenvalue weighted by atomic mass is 10.1. The van der Waals surface area contributed by atoms with Gasteiger partial charge in [0.15, 0.2) is 5.83 Å². The third-order valence-corrected chi connectivity index (χ3v) is 9.70. The van der Waals surface area contributed by atoms with Crippen molar-refractivity contribution in [1.29, 1.82) is 0 Å². The van der Waals surface area contributed by atoms with Crippen LogP contribution in [0.1, 0.15) is 26.3 Å². The molecule has 3 nitrogen and oxygen atoms in total. The first-order valence-electron chi connectivity index (χ1n) is 6.54. The van der Waals surface area contributed by atoms with E-state index in [9.17, 15) is 17.2 Å². The van der Waals surface area contributed by atoms with Gasteiger partial charge in [-0.3, -0.25) is 0 Å². The molecule has 22 heavy (non-hydrogen) atoms. The van der Waals surface area contributed by atoms with Crippen LogP contribution >= 0.6 is 22.9 Å². The van der Waals surface area contributed by atoms with Crippen LogP contribution < -0.4 is 9.22 Å². The molecule has 0 fully saturated rings. The number of nitrogens with one attached hydrogen (secondary N) is 1. The molecule has 0 spiro atoms. The van der Waals surface area contributed by atoms with Crippen LogP contribution in [-0.2, 0) is 10.0 Å². The van der Waals surface area contributed by atoms with E-state index in [-0.39, 0.29) is 9.77 Å². The second kappa shape index (κ2) is 6.31. The zero-order chi connectivity index (χ0) is 17.5. The minimum absolute atomic E-state index is 0.242. The molecule has 1 heterocycles. The zero-order valence-corrected chi connectivity index (χ0v) is 16.7. The Bertz CT molecular complexity index is 697. The van der Waals surface area contributed by atoms with E-state index >= 15 is 0 Å². The molecule has 0 bridgehead atoms. The van der Waals surface area contributed by atoms with E-state index in [0.29, 0.717) is 0 Å². The van der Waals surface area contributed by atoms with Gasteiger partial charge in [0.25, 0.3) is 10.0 Å². The van der Waals surface area contributed by atoms with Crippen molar-refractivity contribution in [3.05, 3.63) is 16.9 Å². The predicted molar refractivity (Wildman–Crippen MR) is 92.4 cm³/mol. The van der Waals surface area contributed by atoms with Gasteiger partial charge in [0.1, 0.15) is 4.21 Å². The molecule has 0 amide bonds. The number of thiophene rings is 1. The van der Waals surface area contributed by atoms with Crippen LogP contribution in [0.25, 0.3) is 5.83 Å². The lowest BCUT2D eigenvalue weighted by Gasteiger charge is -2.20. The van der Waals surface area contributed by atoms with Crippen molar-refractivity contribution < 1.29 is 17.2 Å². The summed E-state index contributed by atoms with van der Waals surface area (Å²) in [6.45, 7) is 11.0. The first-order valence-corrected chi connectivity index (χ1v) is 12.7.